The fourth-order valence-electron chi connectivity index (χ4n) is 2.80. The average molecular weight is 278 g/mol. The van der Waals surface area contributed by atoms with Crippen molar-refractivity contribution in [1.82, 2.24) is 20.0 Å². The molecule has 1 aliphatic heterocycles. The Balaban J connectivity index is 2.01. The molecule has 2 heterocycles. The van der Waals surface area contributed by atoms with Crippen molar-refractivity contribution in [2.75, 3.05) is 13.1 Å². The third-order valence-electron chi connectivity index (χ3n) is 3.91. The lowest BCUT2D eigenvalue weighted by molar-refractivity contribution is -0.134. The van der Waals surface area contributed by atoms with Gasteiger partial charge in [0.2, 0.25) is 5.91 Å². The number of rotatable bonds is 5. The summed E-state index contributed by atoms with van der Waals surface area (Å²) < 4.78 is 1.80. The van der Waals surface area contributed by atoms with Crippen LogP contribution in [0.4, 0.5) is 0 Å². The zero-order valence-corrected chi connectivity index (χ0v) is 13.0. The van der Waals surface area contributed by atoms with Crippen molar-refractivity contribution in [3.05, 3.63) is 17.5 Å². The Hall–Kier alpha value is -1.36. The van der Waals surface area contributed by atoms with Crippen molar-refractivity contribution in [3.63, 3.8) is 0 Å². The van der Waals surface area contributed by atoms with Gasteiger partial charge in [-0.3, -0.25) is 9.48 Å². The van der Waals surface area contributed by atoms with Gasteiger partial charge in [0.05, 0.1) is 5.69 Å². The summed E-state index contributed by atoms with van der Waals surface area (Å²) in [7, 11) is 0. The second kappa shape index (κ2) is 6.39. The molecule has 112 valence electrons. The SMILES string of the molecule is Cc1cc(C)n(CC(=O)N(CC2CCCN2)C(C)C)n1. The maximum atomic E-state index is 12.5. The van der Waals surface area contributed by atoms with Gasteiger partial charge >= 0.3 is 0 Å². The van der Waals surface area contributed by atoms with Gasteiger partial charge in [-0.2, -0.15) is 5.10 Å². The molecule has 1 aliphatic rings. The Kier molecular flexibility index (Phi) is 4.81. The van der Waals surface area contributed by atoms with E-state index >= 15 is 0 Å². The van der Waals surface area contributed by atoms with Crippen LogP contribution < -0.4 is 5.32 Å². The number of hydrogen-bond acceptors (Lipinski definition) is 3. The summed E-state index contributed by atoms with van der Waals surface area (Å²) in [6.45, 7) is 10.3. The van der Waals surface area contributed by atoms with Crippen molar-refractivity contribution in [1.29, 1.82) is 0 Å². The molecule has 1 saturated heterocycles. The summed E-state index contributed by atoms with van der Waals surface area (Å²) in [5.41, 5.74) is 2.00. The van der Waals surface area contributed by atoms with Crippen LogP contribution in [0.5, 0.6) is 0 Å². The summed E-state index contributed by atoms with van der Waals surface area (Å²) in [6.07, 6.45) is 2.37. The molecule has 1 fully saturated rings. The first kappa shape index (κ1) is 15.0. The quantitative estimate of drug-likeness (QED) is 0.888. The molecule has 1 N–H and O–H groups in total. The molecule has 0 saturated carbocycles. The molecule has 20 heavy (non-hydrogen) atoms. The molecule has 1 atom stereocenters. The number of hydrogen-bond donors (Lipinski definition) is 1. The number of carbonyl (C=O) groups is 1. The molecular weight excluding hydrogens is 252 g/mol. The maximum absolute atomic E-state index is 12.5. The van der Waals surface area contributed by atoms with E-state index in [1.54, 1.807) is 4.68 Å². The predicted octanol–water partition coefficient (Wildman–Crippen LogP) is 1.49. The van der Waals surface area contributed by atoms with Crippen molar-refractivity contribution in [3.8, 4) is 0 Å². The second-order valence-corrected chi connectivity index (χ2v) is 6.02. The molecule has 1 aromatic heterocycles. The first-order chi connectivity index (χ1) is 9.47. The van der Waals surface area contributed by atoms with E-state index in [1.807, 2.05) is 24.8 Å². The summed E-state index contributed by atoms with van der Waals surface area (Å²) in [6, 6.07) is 2.68. The second-order valence-electron chi connectivity index (χ2n) is 6.02. The highest BCUT2D eigenvalue weighted by atomic mass is 16.2. The van der Waals surface area contributed by atoms with E-state index in [2.05, 4.69) is 24.3 Å². The fourth-order valence-corrected chi connectivity index (χ4v) is 2.80. The normalized spacial score (nSPS) is 18.8. The lowest BCUT2D eigenvalue weighted by atomic mass is 10.2. The van der Waals surface area contributed by atoms with E-state index in [0.29, 0.717) is 12.6 Å². The highest BCUT2D eigenvalue weighted by Crippen LogP contribution is 2.11. The fraction of sp³-hybridized carbons (Fsp3) is 0.733. The molecule has 0 aliphatic carbocycles. The summed E-state index contributed by atoms with van der Waals surface area (Å²) in [5.74, 6) is 0.153. The first-order valence-electron chi connectivity index (χ1n) is 7.51. The zero-order valence-electron chi connectivity index (χ0n) is 13.0. The molecule has 5 nitrogen and oxygen atoms in total. The van der Waals surface area contributed by atoms with Crippen LogP contribution in [0.2, 0.25) is 0 Å². The van der Waals surface area contributed by atoms with E-state index in [9.17, 15) is 4.79 Å². The number of aryl methyl sites for hydroxylation is 2. The monoisotopic (exact) mass is 278 g/mol. The molecule has 1 aromatic rings. The third-order valence-corrected chi connectivity index (χ3v) is 3.91. The molecule has 0 bridgehead atoms. The van der Waals surface area contributed by atoms with Crippen LogP contribution in [0.1, 0.15) is 38.1 Å². The highest BCUT2D eigenvalue weighted by Gasteiger charge is 2.24. The van der Waals surface area contributed by atoms with Crippen molar-refractivity contribution >= 4 is 5.91 Å². The summed E-state index contributed by atoms with van der Waals surface area (Å²) in [5, 5.41) is 7.84. The van der Waals surface area contributed by atoms with Gasteiger partial charge in [0.25, 0.3) is 0 Å². The summed E-state index contributed by atoms with van der Waals surface area (Å²) >= 11 is 0. The van der Waals surface area contributed by atoms with Crippen LogP contribution in [0.3, 0.4) is 0 Å². The number of nitrogens with one attached hydrogen (secondary N) is 1. The first-order valence-corrected chi connectivity index (χ1v) is 7.51. The Morgan fingerprint density at radius 1 is 1.55 bits per heavy atom. The van der Waals surface area contributed by atoms with Crippen molar-refractivity contribution < 1.29 is 4.79 Å². The Morgan fingerprint density at radius 2 is 2.30 bits per heavy atom. The molecule has 0 radical (unpaired) electrons. The van der Waals surface area contributed by atoms with Crippen LogP contribution >= 0.6 is 0 Å². The predicted molar refractivity (Wildman–Crippen MR) is 79.6 cm³/mol. The van der Waals surface area contributed by atoms with Crippen molar-refractivity contribution in [2.45, 2.75) is 59.2 Å². The van der Waals surface area contributed by atoms with Crippen LogP contribution in [0.15, 0.2) is 6.07 Å². The highest BCUT2D eigenvalue weighted by molar-refractivity contribution is 5.76. The molecular formula is C15H26N4O. The maximum Gasteiger partial charge on any atom is 0.244 e. The summed E-state index contributed by atoms with van der Waals surface area (Å²) in [4.78, 5) is 14.5. The largest absolute Gasteiger partial charge is 0.337 e. The minimum atomic E-state index is 0.153. The van der Waals surface area contributed by atoms with Gasteiger partial charge in [-0.1, -0.05) is 0 Å². The van der Waals surface area contributed by atoms with E-state index in [1.165, 1.54) is 6.42 Å². The van der Waals surface area contributed by atoms with Gasteiger partial charge in [0.1, 0.15) is 6.54 Å². The molecule has 5 heteroatoms. The van der Waals surface area contributed by atoms with Crippen molar-refractivity contribution in [2.24, 2.45) is 0 Å². The Labute approximate surface area is 121 Å². The topological polar surface area (TPSA) is 50.2 Å². The standard InChI is InChI=1S/C15H26N4O/c1-11(2)18(9-14-6-5-7-16-14)15(20)10-19-13(4)8-12(3)17-19/h8,11,14,16H,5-7,9-10H2,1-4H3. The van der Waals surface area contributed by atoms with Gasteiger partial charge in [-0.15, -0.1) is 0 Å². The van der Waals surface area contributed by atoms with Gasteiger partial charge in [-0.05, 0) is 53.1 Å². The minimum absolute atomic E-state index is 0.153. The van der Waals surface area contributed by atoms with Gasteiger partial charge in [-0.25, -0.2) is 0 Å². The lowest BCUT2D eigenvalue weighted by Crippen LogP contribution is -2.46. The Morgan fingerprint density at radius 3 is 2.80 bits per heavy atom. The van der Waals surface area contributed by atoms with E-state index in [-0.39, 0.29) is 11.9 Å². The molecule has 1 unspecified atom stereocenters. The number of amides is 1. The van der Waals surface area contributed by atoms with Gasteiger partial charge < -0.3 is 10.2 Å². The van der Waals surface area contributed by atoms with Gasteiger partial charge in [0, 0.05) is 24.3 Å². The zero-order chi connectivity index (χ0) is 14.7. The van der Waals surface area contributed by atoms with Crippen LogP contribution in [-0.4, -0.2) is 45.8 Å². The van der Waals surface area contributed by atoms with Crippen LogP contribution in [0.25, 0.3) is 0 Å². The van der Waals surface area contributed by atoms with E-state index in [4.69, 9.17) is 0 Å². The third kappa shape index (κ3) is 3.60. The number of nitrogens with zero attached hydrogens (tertiary/aromatic N) is 3. The Bertz CT molecular complexity index is 460. The number of aromatic nitrogens is 2. The molecule has 0 aromatic carbocycles. The van der Waals surface area contributed by atoms with Crippen LogP contribution in [0, 0.1) is 13.8 Å². The molecule has 0 spiro atoms. The average Bonchev–Trinajstić information content (AvgIpc) is 2.96. The molecule has 2 rings (SSSR count). The van der Waals surface area contributed by atoms with E-state index in [0.717, 1.165) is 30.9 Å². The van der Waals surface area contributed by atoms with E-state index < -0.39 is 0 Å². The minimum Gasteiger partial charge on any atom is -0.337 e. The lowest BCUT2D eigenvalue weighted by Gasteiger charge is -2.29. The van der Waals surface area contributed by atoms with Crippen LogP contribution in [-0.2, 0) is 11.3 Å². The smallest absolute Gasteiger partial charge is 0.244 e. The number of carbonyl (C=O) groups excluding carboxylic acids is 1. The molecule has 1 amide bonds. The van der Waals surface area contributed by atoms with Gasteiger partial charge in [0.15, 0.2) is 0 Å².